The van der Waals surface area contributed by atoms with Crippen molar-refractivity contribution in [1.82, 2.24) is 4.90 Å². The highest BCUT2D eigenvalue weighted by Gasteiger charge is 2.09. The molecule has 0 aromatic heterocycles. The second-order valence-electron chi connectivity index (χ2n) is 4.06. The van der Waals surface area contributed by atoms with Gasteiger partial charge < -0.3 is 4.74 Å². The summed E-state index contributed by atoms with van der Waals surface area (Å²) in [5.41, 5.74) is 0. The van der Waals surface area contributed by atoms with Crippen molar-refractivity contribution < 1.29 is 4.74 Å². The summed E-state index contributed by atoms with van der Waals surface area (Å²) in [5, 5.41) is 0. The van der Waals surface area contributed by atoms with Crippen molar-refractivity contribution in [3.05, 3.63) is 30.3 Å². The van der Waals surface area contributed by atoms with Gasteiger partial charge in [0, 0.05) is 6.54 Å². The molecule has 0 saturated carbocycles. The smallest absolute Gasteiger partial charge is 0.119 e. The molecule has 2 heteroatoms. The normalized spacial score (nSPS) is 14.5. The molecule has 0 atom stereocenters. The standard InChI is InChI=1S/C13H19NO.2C2H6/c1-3-7-13(8-4-1)15-12-11-14-9-5-2-6-10-14;2*1-2/h1,3-4,7-8H,2,5-6,9-12H2;2*1-2H3. The minimum absolute atomic E-state index is 0.810. The van der Waals surface area contributed by atoms with Gasteiger partial charge in [-0.1, -0.05) is 52.3 Å². The van der Waals surface area contributed by atoms with Crippen LogP contribution in [-0.4, -0.2) is 31.1 Å². The summed E-state index contributed by atoms with van der Waals surface area (Å²) in [6, 6.07) is 10.1. The zero-order valence-electron chi connectivity index (χ0n) is 13.2. The minimum atomic E-state index is 0.810. The Balaban J connectivity index is 0.000000741. The molecule has 1 aromatic carbocycles. The van der Waals surface area contributed by atoms with E-state index in [0.29, 0.717) is 0 Å². The molecule has 1 fully saturated rings. The molecule has 0 bridgehead atoms. The third kappa shape index (κ3) is 8.66. The monoisotopic (exact) mass is 265 g/mol. The number of hydrogen-bond acceptors (Lipinski definition) is 2. The van der Waals surface area contributed by atoms with Gasteiger partial charge >= 0.3 is 0 Å². The average molecular weight is 265 g/mol. The lowest BCUT2D eigenvalue weighted by Crippen LogP contribution is -2.33. The van der Waals surface area contributed by atoms with E-state index in [0.717, 1.165) is 18.9 Å². The van der Waals surface area contributed by atoms with Crippen LogP contribution in [0.2, 0.25) is 0 Å². The maximum absolute atomic E-state index is 5.67. The average Bonchev–Trinajstić information content (AvgIpc) is 2.53. The third-order valence-electron chi connectivity index (χ3n) is 2.87. The van der Waals surface area contributed by atoms with Crippen molar-refractivity contribution in [3.63, 3.8) is 0 Å². The third-order valence-corrected chi connectivity index (χ3v) is 2.87. The molecular formula is C17H31NO. The Kier molecular flexibility index (Phi) is 12.7. The first-order valence-corrected chi connectivity index (χ1v) is 7.85. The van der Waals surface area contributed by atoms with E-state index < -0.39 is 0 Å². The van der Waals surface area contributed by atoms with E-state index in [-0.39, 0.29) is 0 Å². The number of benzene rings is 1. The van der Waals surface area contributed by atoms with E-state index in [4.69, 9.17) is 4.74 Å². The highest BCUT2D eigenvalue weighted by Crippen LogP contribution is 2.10. The molecule has 0 N–H and O–H groups in total. The molecule has 0 unspecified atom stereocenters. The zero-order chi connectivity index (χ0) is 14.3. The fourth-order valence-electron chi connectivity index (χ4n) is 1.99. The maximum Gasteiger partial charge on any atom is 0.119 e. The van der Waals surface area contributed by atoms with Gasteiger partial charge in [-0.3, -0.25) is 4.90 Å². The van der Waals surface area contributed by atoms with Crippen LogP contribution in [0.1, 0.15) is 47.0 Å². The molecule has 0 aliphatic carbocycles. The molecule has 0 radical (unpaired) electrons. The first-order chi connectivity index (χ1) is 9.45. The van der Waals surface area contributed by atoms with Crippen LogP contribution < -0.4 is 4.74 Å². The molecule has 110 valence electrons. The highest BCUT2D eigenvalue weighted by molar-refractivity contribution is 5.20. The van der Waals surface area contributed by atoms with Crippen LogP contribution in [0.15, 0.2) is 30.3 Å². The number of nitrogens with zero attached hydrogens (tertiary/aromatic N) is 1. The fourth-order valence-corrected chi connectivity index (χ4v) is 1.99. The second-order valence-corrected chi connectivity index (χ2v) is 4.06. The lowest BCUT2D eigenvalue weighted by Gasteiger charge is -2.26. The van der Waals surface area contributed by atoms with Gasteiger partial charge in [0.2, 0.25) is 0 Å². The number of rotatable bonds is 4. The van der Waals surface area contributed by atoms with Gasteiger partial charge in [-0.05, 0) is 38.1 Å². The predicted octanol–water partition coefficient (Wildman–Crippen LogP) is 4.60. The fraction of sp³-hybridized carbons (Fsp3) is 0.647. The van der Waals surface area contributed by atoms with Crippen LogP contribution in [0.3, 0.4) is 0 Å². The van der Waals surface area contributed by atoms with Crippen LogP contribution >= 0.6 is 0 Å². The van der Waals surface area contributed by atoms with Crippen molar-refractivity contribution in [2.45, 2.75) is 47.0 Å². The molecule has 1 aliphatic rings. The Bertz CT molecular complexity index is 268. The van der Waals surface area contributed by atoms with E-state index in [1.54, 1.807) is 0 Å². The molecule has 1 aliphatic heterocycles. The van der Waals surface area contributed by atoms with Crippen LogP contribution in [-0.2, 0) is 0 Å². The van der Waals surface area contributed by atoms with Crippen molar-refractivity contribution >= 4 is 0 Å². The molecule has 0 spiro atoms. The first-order valence-electron chi connectivity index (χ1n) is 7.85. The lowest BCUT2D eigenvalue weighted by atomic mass is 10.1. The molecule has 2 rings (SSSR count). The Morgan fingerprint density at radius 3 is 2.05 bits per heavy atom. The van der Waals surface area contributed by atoms with Crippen LogP contribution in [0, 0.1) is 0 Å². The van der Waals surface area contributed by atoms with Gasteiger partial charge in [0.1, 0.15) is 12.4 Å². The number of likely N-dealkylation sites (tertiary alicyclic amines) is 1. The molecule has 0 amide bonds. The number of piperidine rings is 1. The summed E-state index contributed by atoms with van der Waals surface area (Å²) in [7, 11) is 0. The van der Waals surface area contributed by atoms with E-state index >= 15 is 0 Å². The molecule has 1 heterocycles. The molecule has 1 aromatic rings. The van der Waals surface area contributed by atoms with E-state index in [2.05, 4.69) is 4.90 Å². The summed E-state index contributed by atoms with van der Waals surface area (Å²) in [4.78, 5) is 2.49. The van der Waals surface area contributed by atoms with E-state index in [1.165, 1.54) is 32.4 Å². The Morgan fingerprint density at radius 1 is 0.895 bits per heavy atom. The van der Waals surface area contributed by atoms with Crippen LogP contribution in [0.25, 0.3) is 0 Å². The molecule has 1 saturated heterocycles. The Hall–Kier alpha value is -1.02. The van der Waals surface area contributed by atoms with Crippen molar-refractivity contribution in [3.8, 4) is 5.75 Å². The largest absolute Gasteiger partial charge is 0.492 e. The SMILES string of the molecule is CC.CC.c1ccc(OCCN2CCCCC2)cc1. The van der Waals surface area contributed by atoms with Gasteiger partial charge in [0.25, 0.3) is 0 Å². The van der Waals surface area contributed by atoms with Crippen molar-refractivity contribution in [2.24, 2.45) is 0 Å². The summed E-state index contributed by atoms with van der Waals surface area (Å²) in [5.74, 6) is 0.981. The van der Waals surface area contributed by atoms with Gasteiger partial charge in [0.15, 0.2) is 0 Å². The second kappa shape index (κ2) is 13.4. The molecule has 19 heavy (non-hydrogen) atoms. The number of hydrogen-bond donors (Lipinski definition) is 0. The quantitative estimate of drug-likeness (QED) is 0.788. The summed E-state index contributed by atoms with van der Waals surface area (Å²) < 4.78 is 5.67. The van der Waals surface area contributed by atoms with Crippen molar-refractivity contribution in [1.29, 1.82) is 0 Å². The summed E-state index contributed by atoms with van der Waals surface area (Å²) in [6.07, 6.45) is 4.10. The van der Waals surface area contributed by atoms with E-state index in [1.807, 2.05) is 58.0 Å². The van der Waals surface area contributed by atoms with Gasteiger partial charge in [0.05, 0.1) is 0 Å². The predicted molar refractivity (Wildman–Crippen MR) is 84.9 cm³/mol. The summed E-state index contributed by atoms with van der Waals surface area (Å²) >= 11 is 0. The van der Waals surface area contributed by atoms with E-state index in [9.17, 15) is 0 Å². The minimum Gasteiger partial charge on any atom is -0.492 e. The van der Waals surface area contributed by atoms with Gasteiger partial charge in [-0.15, -0.1) is 0 Å². The molecule has 2 nitrogen and oxygen atoms in total. The Labute approximate surface area is 119 Å². The number of ether oxygens (including phenoxy) is 1. The Morgan fingerprint density at radius 2 is 1.47 bits per heavy atom. The zero-order valence-corrected chi connectivity index (χ0v) is 13.2. The first kappa shape index (κ1) is 18.0. The van der Waals surface area contributed by atoms with Gasteiger partial charge in [-0.25, -0.2) is 0 Å². The lowest BCUT2D eigenvalue weighted by molar-refractivity contribution is 0.183. The topological polar surface area (TPSA) is 12.5 Å². The van der Waals surface area contributed by atoms with Crippen LogP contribution in [0.4, 0.5) is 0 Å². The van der Waals surface area contributed by atoms with Crippen LogP contribution in [0.5, 0.6) is 5.75 Å². The maximum atomic E-state index is 5.67. The highest BCUT2D eigenvalue weighted by atomic mass is 16.5. The molecular weight excluding hydrogens is 234 g/mol. The summed E-state index contributed by atoms with van der Waals surface area (Å²) in [6.45, 7) is 12.4. The number of para-hydroxylation sites is 1. The van der Waals surface area contributed by atoms with Crippen molar-refractivity contribution in [2.75, 3.05) is 26.2 Å². The van der Waals surface area contributed by atoms with Gasteiger partial charge in [-0.2, -0.15) is 0 Å².